The smallest absolute Gasteiger partial charge is 0.257 e. The molecule has 7 heteroatoms. The first-order chi connectivity index (χ1) is 11.6. The van der Waals surface area contributed by atoms with E-state index in [-0.39, 0.29) is 5.91 Å². The van der Waals surface area contributed by atoms with Crippen LogP contribution >= 0.6 is 23.2 Å². The summed E-state index contributed by atoms with van der Waals surface area (Å²) in [5, 5.41) is 0.746. The highest BCUT2D eigenvalue weighted by Gasteiger charge is 2.29. The fourth-order valence-corrected chi connectivity index (χ4v) is 3.69. The molecular weight excluding hydrogens is 351 g/mol. The van der Waals surface area contributed by atoms with E-state index in [9.17, 15) is 4.79 Å². The molecule has 2 saturated heterocycles. The number of hydrogen-bond acceptors (Lipinski definition) is 4. The predicted molar refractivity (Wildman–Crippen MR) is 94.3 cm³/mol. The van der Waals surface area contributed by atoms with Gasteiger partial charge in [-0.1, -0.05) is 23.2 Å². The average molecular weight is 373 g/mol. The summed E-state index contributed by atoms with van der Waals surface area (Å²) in [5.41, 5.74) is 0.464. The zero-order valence-corrected chi connectivity index (χ0v) is 15.3. The van der Waals surface area contributed by atoms with Crippen LogP contribution in [0.25, 0.3) is 0 Å². The van der Waals surface area contributed by atoms with E-state index < -0.39 is 0 Å². The molecule has 0 bridgehead atoms. The maximum atomic E-state index is 12.8. The third-order valence-corrected chi connectivity index (χ3v) is 5.50. The Labute approximate surface area is 152 Å². The molecule has 132 valence electrons. The van der Waals surface area contributed by atoms with E-state index in [4.69, 9.17) is 32.7 Å². The molecule has 2 heterocycles. The molecular formula is C17H22Cl2N2O3. The first kappa shape index (κ1) is 17.8. The van der Waals surface area contributed by atoms with Gasteiger partial charge in [0.25, 0.3) is 5.91 Å². The summed E-state index contributed by atoms with van der Waals surface area (Å²) in [5.74, 6) is 0.401. The van der Waals surface area contributed by atoms with E-state index in [2.05, 4.69) is 4.90 Å². The minimum atomic E-state index is -0.0583. The van der Waals surface area contributed by atoms with Crippen molar-refractivity contribution in [3.05, 3.63) is 27.7 Å². The van der Waals surface area contributed by atoms with Gasteiger partial charge in [-0.25, -0.2) is 0 Å². The van der Waals surface area contributed by atoms with Crippen LogP contribution in [0.5, 0.6) is 5.75 Å². The zero-order chi connectivity index (χ0) is 17.1. The topological polar surface area (TPSA) is 42.0 Å². The van der Waals surface area contributed by atoms with Gasteiger partial charge in [0, 0.05) is 51.5 Å². The Morgan fingerprint density at radius 2 is 1.75 bits per heavy atom. The summed E-state index contributed by atoms with van der Waals surface area (Å²) in [6.45, 7) is 4.87. The van der Waals surface area contributed by atoms with Crippen molar-refractivity contribution in [3.8, 4) is 5.75 Å². The molecule has 0 aliphatic carbocycles. The highest BCUT2D eigenvalue weighted by molar-refractivity contribution is 6.42. The molecule has 0 saturated carbocycles. The number of hydrogen-bond donors (Lipinski definition) is 0. The summed E-state index contributed by atoms with van der Waals surface area (Å²) in [7, 11) is 1.53. The number of ether oxygens (including phenoxy) is 2. The maximum absolute atomic E-state index is 12.8. The van der Waals surface area contributed by atoms with Crippen LogP contribution in [-0.2, 0) is 4.74 Å². The van der Waals surface area contributed by atoms with E-state index >= 15 is 0 Å². The van der Waals surface area contributed by atoms with E-state index in [1.807, 2.05) is 4.90 Å². The van der Waals surface area contributed by atoms with Crippen LogP contribution in [0.1, 0.15) is 23.2 Å². The number of piperazine rings is 1. The third kappa shape index (κ3) is 3.80. The molecule has 0 aromatic heterocycles. The lowest BCUT2D eigenvalue weighted by molar-refractivity contribution is 0.0137. The van der Waals surface area contributed by atoms with Crippen molar-refractivity contribution in [2.45, 2.75) is 18.9 Å². The van der Waals surface area contributed by atoms with Crippen LogP contribution in [0, 0.1) is 0 Å². The van der Waals surface area contributed by atoms with Gasteiger partial charge in [-0.15, -0.1) is 0 Å². The molecule has 5 nitrogen and oxygen atoms in total. The van der Waals surface area contributed by atoms with Crippen molar-refractivity contribution in [2.24, 2.45) is 0 Å². The quantitative estimate of drug-likeness (QED) is 0.817. The summed E-state index contributed by atoms with van der Waals surface area (Å²) in [6, 6.07) is 3.76. The van der Waals surface area contributed by atoms with Crippen molar-refractivity contribution < 1.29 is 14.3 Å². The number of carbonyl (C=O) groups is 1. The van der Waals surface area contributed by atoms with Crippen LogP contribution in [-0.4, -0.2) is 68.3 Å². The molecule has 0 radical (unpaired) electrons. The molecule has 1 amide bonds. The Hall–Kier alpha value is -1.01. The normalized spacial score (nSPS) is 20.2. The SMILES string of the molecule is COc1cc(Cl)c(Cl)cc1C(=O)N1CCN(C2CCOCC2)CC1. The van der Waals surface area contributed by atoms with Gasteiger partial charge in [-0.05, 0) is 18.9 Å². The van der Waals surface area contributed by atoms with Gasteiger partial charge >= 0.3 is 0 Å². The Bertz CT molecular complexity index is 598. The number of benzene rings is 1. The van der Waals surface area contributed by atoms with E-state index in [0.29, 0.717) is 40.5 Å². The first-order valence-electron chi connectivity index (χ1n) is 8.24. The lowest BCUT2D eigenvalue weighted by Crippen LogP contribution is -2.53. The highest BCUT2D eigenvalue weighted by Crippen LogP contribution is 2.31. The molecule has 0 unspecified atom stereocenters. The zero-order valence-electron chi connectivity index (χ0n) is 13.8. The molecule has 2 aliphatic heterocycles. The minimum absolute atomic E-state index is 0.0583. The third-order valence-electron chi connectivity index (χ3n) is 4.78. The van der Waals surface area contributed by atoms with Crippen LogP contribution in [0.15, 0.2) is 12.1 Å². The van der Waals surface area contributed by atoms with Gasteiger partial charge in [0.1, 0.15) is 5.75 Å². The Morgan fingerprint density at radius 1 is 1.12 bits per heavy atom. The largest absolute Gasteiger partial charge is 0.496 e. The van der Waals surface area contributed by atoms with E-state index in [1.54, 1.807) is 12.1 Å². The second-order valence-electron chi connectivity index (χ2n) is 6.14. The van der Waals surface area contributed by atoms with Gasteiger partial charge in [-0.2, -0.15) is 0 Å². The van der Waals surface area contributed by atoms with Gasteiger partial charge in [0.05, 0.1) is 22.7 Å². The molecule has 24 heavy (non-hydrogen) atoms. The fraction of sp³-hybridized carbons (Fsp3) is 0.588. The van der Waals surface area contributed by atoms with E-state index in [0.717, 1.165) is 39.1 Å². The van der Waals surface area contributed by atoms with Gasteiger partial charge in [-0.3, -0.25) is 9.69 Å². The van der Waals surface area contributed by atoms with Crippen molar-refractivity contribution in [2.75, 3.05) is 46.5 Å². The molecule has 3 rings (SSSR count). The number of nitrogens with zero attached hydrogens (tertiary/aromatic N) is 2. The summed E-state index contributed by atoms with van der Waals surface area (Å²) in [6.07, 6.45) is 2.16. The van der Waals surface area contributed by atoms with Crippen LogP contribution in [0.3, 0.4) is 0 Å². The second-order valence-corrected chi connectivity index (χ2v) is 6.95. The number of methoxy groups -OCH3 is 1. The fourth-order valence-electron chi connectivity index (χ4n) is 3.38. The van der Waals surface area contributed by atoms with Crippen LogP contribution < -0.4 is 4.74 Å². The molecule has 2 fully saturated rings. The molecule has 0 N–H and O–H groups in total. The van der Waals surface area contributed by atoms with Crippen molar-refractivity contribution in [3.63, 3.8) is 0 Å². The lowest BCUT2D eigenvalue weighted by Gasteiger charge is -2.40. The lowest BCUT2D eigenvalue weighted by atomic mass is 10.1. The molecule has 1 aromatic rings. The maximum Gasteiger partial charge on any atom is 0.257 e. The second kappa shape index (κ2) is 7.91. The van der Waals surface area contributed by atoms with E-state index in [1.165, 1.54) is 7.11 Å². The van der Waals surface area contributed by atoms with Crippen LogP contribution in [0.2, 0.25) is 10.0 Å². The molecule has 0 atom stereocenters. The predicted octanol–water partition coefficient (Wildman–Crippen LogP) is 2.94. The van der Waals surface area contributed by atoms with Gasteiger partial charge in [0.15, 0.2) is 0 Å². The van der Waals surface area contributed by atoms with Crippen molar-refractivity contribution in [1.29, 1.82) is 0 Å². The Balaban J connectivity index is 1.66. The number of carbonyl (C=O) groups excluding carboxylic acids is 1. The number of halogens is 2. The van der Waals surface area contributed by atoms with Crippen molar-refractivity contribution in [1.82, 2.24) is 9.80 Å². The molecule has 0 spiro atoms. The first-order valence-corrected chi connectivity index (χ1v) is 9.00. The Morgan fingerprint density at radius 3 is 2.38 bits per heavy atom. The molecule has 1 aromatic carbocycles. The summed E-state index contributed by atoms with van der Waals surface area (Å²) < 4.78 is 10.7. The highest BCUT2D eigenvalue weighted by atomic mass is 35.5. The minimum Gasteiger partial charge on any atom is -0.496 e. The number of amides is 1. The average Bonchev–Trinajstić information content (AvgIpc) is 2.64. The number of rotatable bonds is 3. The monoisotopic (exact) mass is 372 g/mol. The van der Waals surface area contributed by atoms with Gasteiger partial charge in [0.2, 0.25) is 0 Å². The standard InChI is InChI=1S/C17H22Cl2N2O3/c1-23-16-11-15(19)14(18)10-13(16)17(22)21-6-4-20(5-7-21)12-2-8-24-9-3-12/h10-12H,2-9H2,1H3. The summed E-state index contributed by atoms with van der Waals surface area (Å²) in [4.78, 5) is 17.2. The van der Waals surface area contributed by atoms with Crippen molar-refractivity contribution >= 4 is 29.1 Å². The van der Waals surface area contributed by atoms with Gasteiger partial charge < -0.3 is 14.4 Å². The molecule has 2 aliphatic rings. The Kier molecular flexibility index (Phi) is 5.87. The van der Waals surface area contributed by atoms with Crippen LogP contribution in [0.4, 0.5) is 0 Å². The summed E-state index contributed by atoms with van der Waals surface area (Å²) >= 11 is 12.1.